The molecule has 8 heteroatoms. The molecule has 0 aliphatic rings. The normalized spacial score (nSPS) is 12.1. The molecule has 158 valence electrons. The number of para-hydroxylation sites is 1. The number of nitrogens with one attached hydrogen (secondary N) is 1. The van der Waals surface area contributed by atoms with E-state index < -0.39 is 28.5 Å². The summed E-state index contributed by atoms with van der Waals surface area (Å²) in [4.78, 5) is 16.9. The van der Waals surface area contributed by atoms with Crippen molar-refractivity contribution in [2.75, 3.05) is 5.32 Å². The lowest BCUT2D eigenvalue weighted by atomic mass is 10.0. The van der Waals surface area contributed by atoms with Gasteiger partial charge in [-0.3, -0.25) is 4.79 Å². The maximum atomic E-state index is 13.3. The number of benzene rings is 2. The van der Waals surface area contributed by atoms with Gasteiger partial charge < -0.3 is 5.32 Å². The SMILES string of the molecule is Cc1cc(C(F)(F)F)c(C#N)c(SC(C)C(=O)Nc2ccccc2-c2ccccc2)n1. The highest BCUT2D eigenvalue weighted by atomic mass is 32.2. The van der Waals surface area contributed by atoms with Crippen LogP contribution in [0.2, 0.25) is 0 Å². The third-order valence-electron chi connectivity index (χ3n) is 4.46. The standard InChI is InChI=1S/C23H18F3N3OS/c1-14-12-19(23(24,25)26)18(13-27)22(28-14)31-15(2)21(30)29-20-11-7-6-10-17(20)16-8-4-3-5-9-16/h3-12,15H,1-2H3,(H,29,30). The summed E-state index contributed by atoms with van der Waals surface area (Å²) < 4.78 is 40.0. The van der Waals surface area contributed by atoms with E-state index in [0.717, 1.165) is 29.0 Å². The minimum atomic E-state index is -4.69. The van der Waals surface area contributed by atoms with Crippen molar-refractivity contribution < 1.29 is 18.0 Å². The van der Waals surface area contributed by atoms with E-state index >= 15 is 0 Å². The number of thioether (sulfide) groups is 1. The van der Waals surface area contributed by atoms with Crippen molar-refractivity contribution in [3.05, 3.63) is 77.5 Å². The van der Waals surface area contributed by atoms with Crippen LogP contribution in [0.1, 0.15) is 23.7 Å². The third-order valence-corrected chi connectivity index (χ3v) is 5.55. The first kappa shape index (κ1) is 22.4. The van der Waals surface area contributed by atoms with Gasteiger partial charge in [-0.25, -0.2) is 4.98 Å². The Kier molecular flexibility index (Phi) is 6.66. The fraction of sp³-hybridized carbons (Fsp3) is 0.174. The Morgan fingerprint density at radius 1 is 1.13 bits per heavy atom. The van der Waals surface area contributed by atoms with Gasteiger partial charge in [-0.2, -0.15) is 18.4 Å². The molecule has 0 saturated carbocycles. The van der Waals surface area contributed by atoms with Gasteiger partial charge in [-0.05, 0) is 31.5 Å². The lowest BCUT2D eigenvalue weighted by Gasteiger charge is -2.17. The Hall–Kier alpha value is -3.31. The van der Waals surface area contributed by atoms with Gasteiger partial charge in [0.15, 0.2) is 0 Å². The molecule has 1 unspecified atom stereocenters. The molecule has 1 heterocycles. The Bertz CT molecular complexity index is 1140. The van der Waals surface area contributed by atoms with E-state index in [4.69, 9.17) is 0 Å². The minimum Gasteiger partial charge on any atom is -0.325 e. The number of hydrogen-bond donors (Lipinski definition) is 1. The Morgan fingerprint density at radius 3 is 2.42 bits per heavy atom. The number of amides is 1. The fourth-order valence-electron chi connectivity index (χ4n) is 2.98. The van der Waals surface area contributed by atoms with E-state index in [0.29, 0.717) is 5.69 Å². The van der Waals surface area contributed by atoms with Gasteiger partial charge >= 0.3 is 6.18 Å². The summed E-state index contributed by atoms with van der Waals surface area (Å²) in [5, 5.41) is 11.2. The molecule has 3 rings (SSSR count). The number of aryl methyl sites for hydroxylation is 1. The van der Waals surface area contributed by atoms with E-state index in [-0.39, 0.29) is 10.7 Å². The van der Waals surface area contributed by atoms with Crippen molar-refractivity contribution in [1.82, 2.24) is 4.98 Å². The van der Waals surface area contributed by atoms with Crippen LogP contribution in [0.15, 0.2) is 65.7 Å². The van der Waals surface area contributed by atoms with Crippen LogP contribution < -0.4 is 5.32 Å². The molecule has 4 nitrogen and oxygen atoms in total. The van der Waals surface area contributed by atoms with Crippen molar-refractivity contribution in [3.8, 4) is 17.2 Å². The summed E-state index contributed by atoms with van der Waals surface area (Å²) in [5.74, 6) is -0.408. The van der Waals surface area contributed by atoms with Gasteiger partial charge in [0.2, 0.25) is 5.91 Å². The van der Waals surface area contributed by atoms with Gasteiger partial charge in [0.05, 0.1) is 16.4 Å². The summed E-state index contributed by atoms with van der Waals surface area (Å²) in [7, 11) is 0. The molecule has 1 atom stereocenters. The molecule has 2 aromatic carbocycles. The summed E-state index contributed by atoms with van der Waals surface area (Å²) in [5.41, 5.74) is 0.815. The summed E-state index contributed by atoms with van der Waals surface area (Å²) in [6.07, 6.45) is -4.69. The molecule has 0 fully saturated rings. The molecule has 1 aromatic heterocycles. The number of pyridine rings is 1. The molecule has 0 aliphatic carbocycles. The van der Waals surface area contributed by atoms with Crippen molar-refractivity contribution in [2.24, 2.45) is 0 Å². The Morgan fingerprint density at radius 2 is 1.77 bits per heavy atom. The fourth-order valence-corrected chi connectivity index (χ4v) is 3.95. The maximum Gasteiger partial charge on any atom is 0.417 e. The number of nitriles is 1. The molecule has 1 amide bonds. The van der Waals surface area contributed by atoms with Crippen molar-refractivity contribution in [1.29, 1.82) is 5.26 Å². The highest BCUT2D eigenvalue weighted by molar-refractivity contribution is 8.00. The molecule has 31 heavy (non-hydrogen) atoms. The lowest BCUT2D eigenvalue weighted by Crippen LogP contribution is -2.23. The van der Waals surface area contributed by atoms with Crippen LogP contribution in [0.3, 0.4) is 0 Å². The molecule has 0 radical (unpaired) electrons. The van der Waals surface area contributed by atoms with Crippen LogP contribution in [0, 0.1) is 18.3 Å². The predicted octanol–water partition coefficient (Wildman–Crippen LogP) is 6.07. The van der Waals surface area contributed by atoms with Crippen molar-refractivity contribution in [2.45, 2.75) is 30.3 Å². The molecule has 3 aromatic rings. The maximum absolute atomic E-state index is 13.3. The third kappa shape index (κ3) is 5.25. The highest BCUT2D eigenvalue weighted by Gasteiger charge is 2.36. The first-order valence-electron chi connectivity index (χ1n) is 9.31. The minimum absolute atomic E-state index is 0.117. The largest absolute Gasteiger partial charge is 0.417 e. The monoisotopic (exact) mass is 441 g/mol. The van der Waals surface area contributed by atoms with Crippen LogP contribution in [0.25, 0.3) is 11.1 Å². The smallest absolute Gasteiger partial charge is 0.325 e. The number of carbonyl (C=O) groups excluding carboxylic acids is 1. The topological polar surface area (TPSA) is 65.8 Å². The van der Waals surface area contributed by atoms with Crippen LogP contribution in [0.5, 0.6) is 0 Å². The lowest BCUT2D eigenvalue weighted by molar-refractivity contribution is -0.138. The number of aromatic nitrogens is 1. The second-order valence-corrected chi connectivity index (χ2v) is 8.09. The number of alkyl halides is 3. The number of halogens is 3. The van der Waals surface area contributed by atoms with Gasteiger partial charge in [-0.1, -0.05) is 60.3 Å². The van der Waals surface area contributed by atoms with E-state index in [1.54, 1.807) is 25.1 Å². The van der Waals surface area contributed by atoms with Gasteiger partial charge in [-0.15, -0.1) is 0 Å². The average molecular weight is 441 g/mol. The second-order valence-electron chi connectivity index (χ2n) is 6.76. The Balaban J connectivity index is 1.85. The number of nitrogens with zero attached hydrogens (tertiary/aromatic N) is 2. The van der Waals surface area contributed by atoms with Gasteiger partial charge in [0.1, 0.15) is 11.1 Å². The molecular weight excluding hydrogens is 423 g/mol. The molecule has 0 aliphatic heterocycles. The molecular formula is C23H18F3N3OS. The van der Waals surface area contributed by atoms with Crippen LogP contribution >= 0.6 is 11.8 Å². The zero-order valence-electron chi connectivity index (χ0n) is 16.7. The second kappa shape index (κ2) is 9.23. The molecule has 0 spiro atoms. The summed E-state index contributed by atoms with van der Waals surface area (Å²) in [6.45, 7) is 2.98. The zero-order valence-corrected chi connectivity index (χ0v) is 17.5. The highest BCUT2D eigenvalue weighted by Crippen LogP contribution is 2.37. The summed E-state index contributed by atoms with van der Waals surface area (Å²) in [6, 6.07) is 19.2. The molecule has 0 bridgehead atoms. The molecule has 0 saturated heterocycles. The van der Waals surface area contributed by atoms with Crippen LogP contribution in [0.4, 0.5) is 18.9 Å². The number of carbonyl (C=O) groups is 1. The zero-order chi connectivity index (χ0) is 22.6. The first-order chi connectivity index (χ1) is 14.7. The van der Waals surface area contributed by atoms with E-state index in [2.05, 4.69) is 10.3 Å². The quantitative estimate of drug-likeness (QED) is 0.488. The Labute approximate surface area is 182 Å². The van der Waals surface area contributed by atoms with Crippen LogP contribution in [-0.2, 0) is 11.0 Å². The number of hydrogen-bond acceptors (Lipinski definition) is 4. The van der Waals surface area contributed by atoms with E-state index in [1.807, 2.05) is 42.5 Å². The summed E-state index contributed by atoms with van der Waals surface area (Å²) >= 11 is 0.823. The van der Waals surface area contributed by atoms with Crippen molar-refractivity contribution in [3.63, 3.8) is 0 Å². The van der Waals surface area contributed by atoms with Crippen LogP contribution in [-0.4, -0.2) is 16.1 Å². The van der Waals surface area contributed by atoms with Gasteiger partial charge in [0.25, 0.3) is 0 Å². The number of rotatable bonds is 5. The average Bonchev–Trinajstić information content (AvgIpc) is 2.73. The molecule has 1 N–H and O–H groups in total. The van der Waals surface area contributed by atoms with Crippen molar-refractivity contribution >= 4 is 23.4 Å². The van der Waals surface area contributed by atoms with E-state index in [1.165, 1.54) is 6.92 Å². The number of anilines is 1. The van der Waals surface area contributed by atoms with Gasteiger partial charge in [0, 0.05) is 16.9 Å². The predicted molar refractivity (Wildman–Crippen MR) is 115 cm³/mol. The van der Waals surface area contributed by atoms with E-state index in [9.17, 15) is 23.2 Å². The first-order valence-corrected chi connectivity index (χ1v) is 10.2.